The first-order valence-corrected chi connectivity index (χ1v) is 5.51. The number of H-pyrrole nitrogens is 1. The van der Waals surface area contributed by atoms with Crippen LogP contribution >= 0.6 is 0 Å². The Kier molecular flexibility index (Phi) is 3.23. The van der Waals surface area contributed by atoms with Crippen molar-refractivity contribution in [2.24, 2.45) is 0 Å². The van der Waals surface area contributed by atoms with E-state index in [1.54, 1.807) is 13.1 Å². The van der Waals surface area contributed by atoms with Crippen molar-refractivity contribution in [3.05, 3.63) is 42.4 Å². The van der Waals surface area contributed by atoms with Gasteiger partial charge in [-0.3, -0.25) is 0 Å². The molecule has 0 aliphatic carbocycles. The average molecular weight is 230 g/mol. The summed E-state index contributed by atoms with van der Waals surface area (Å²) >= 11 is 0. The molecule has 88 valence electrons. The predicted molar refractivity (Wildman–Crippen MR) is 66.0 cm³/mol. The maximum absolute atomic E-state index is 11.7. The Bertz CT molecular complexity index is 558. The summed E-state index contributed by atoms with van der Waals surface area (Å²) in [6.45, 7) is 5.83. The SMILES string of the molecule is C=CCc1c[nH]c2c(C(=O)OCC)nccc12. The van der Waals surface area contributed by atoms with Crippen LogP contribution in [-0.4, -0.2) is 22.5 Å². The number of rotatable bonds is 4. The molecule has 2 aromatic rings. The highest BCUT2D eigenvalue weighted by Crippen LogP contribution is 2.21. The average Bonchev–Trinajstić information content (AvgIpc) is 2.73. The highest BCUT2D eigenvalue weighted by molar-refractivity contribution is 6.01. The maximum atomic E-state index is 11.7. The number of nitrogens with one attached hydrogen (secondary N) is 1. The van der Waals surface area contributed by atoms with Crippen LogP contribution in [0, 0.1) is 0 Å². The van der Waals surface area contributed by atoms with Crippen molar-refractivity contribution in [1.29, 1.82) is 0 Å². The summed E-state index contributed by atoms with van der Waals surface area (Å²) in [5.41, 5.74) is 2.16. The molecule has 1 N–H and O–H groups in total. The Morgan fingerprint density at radius 3 is 3.18 bits per heavy atom. The number of pyridine rings is 1. The minimum absolute atomic E-state index is 0.333. The van der Waals surface area contributed by atoms with E-state index in [-0.39, 0.29) is 0 Å². The van der Waals surface area contributed by atoms with E-state index < -0.39 is 5.97 Å². The maximum Gasteiger partial charge on any atom is 0.359 e. The molecule has 0 fully saturated rings. The lowest BCUT2D eigenvalue weighted by atomic mass is 10.1. The number of aromatic nitrogens is 2. The summed E-state index contributed by atoms with van der Waals surface area (Å²) in [6, 6.07) is 1.88. The molecule has 0 aromatic carbocycles. The number of hydrogen-bond acceptors (Lipinski definition) is 3. The second-order valence-electron chi connectivity index (χ2n) is 3.61. The molecular formula is C13H14N2O2. The molecule has 2 aromatic heterocycles. The van der Waals surface area contributed by atoms with E-state index in [4.69, 9.17) is 4.74 Å². The predicted octanol–water partition coefficient (Wildman–Crippen LogP) is 2.47. The van der Waals surface area contributed by atoms with Gasteiger partial charge in [0, 0.05) is 17.8 Å². The second kappa shape index (κ2) is 4.82. The second-order valence-corrected chi connectivity index (χ2v) is 3.61. The van der Waals surface area contributed by atoms with Gasteiger partial charge in [0.25, 0.3) is 0 Å². The fourth-order valence-corrected chi connectivity index (χ4v) is 1.79. The van der Waals surface area contributed by atoms with Crippen LogP contribution < -0.4 is 0 Å². The topological polar surface area (TPSA) is 55.0 Å². The third-order valence-corrected chi connectivity index (χ3v) is 2.52. The first-order valence-electron chi connectivity index (χ1n) is 5.51. The van der Waals surface area contributed by atoms with Crippen molar-refractivity contribution in [2.75, 3.05) is 6.61 Å². The van der Waals surface area contributed by atoms with Gasteiger partial charge in [0.1, 0.15) is 0 Å². The zero-order chi connectivity index (χ0) is 12.3. The summed E-state index contributed by atoms with van der Waals surface area (Å²) in [6.07, 6.45) is 6.07. The molecule has 0 spiro atoms. The molecule has 0 radical (unpaired) electrons. The fourth-order valence-electron chi connectivity index (χ4n) is 1.79. The Morgan fingerprint density at radius 1 is 1.65 bits per heavy atom. The standard InChI is InChI=1S/C13H14N2O2/c1-3-5-9-8-15-11-10(9)6-7-14-12(11)13(16)17-4-2/h3,6-8,15H,1,4-5H2,2H3. The third-order valence-electron chi connectivity index (χ3n) is 2.52. The first-order chi connectivity index (χ1) is 8.27. The van der Waals surface area contributed by atoms with E-state index in [0.717, 1.165) is 22.9 Å². The fraction of sp³-hybridized carbons (Fsp3) is 0.231. The molecule has 0 bridgehead atoms. The zero-order valence-corrected chi connectivity index (χ0v) is 9.69. The van der Waals surface area contributed by atoms with Crippen molar-refractivity contribution < 1.29 is 9.53 Å². The van der Waals surface area contributed by atoms with Crippen LogP contribution in [0.1, 0.15) is 23.0 Å². The molecule has 2 rings (SSSR count). The minimum atomic E-state index is -0.398. The van der Waals surface area contributed by atoms with E-state index >= 15 is 0 Å². The van der Waals surface area contributed by atoms with Gasteiger partial charge in [0.2, 0.25) is 0 Å². The number of nitrogens with zero attached hydrogens (tertiary/aromatic N) is 1. The lowest BCUT2D eigenvalue weighted by molar-refractivity contribution is 0.0522. The molecule has 0 aliphatic heterocycles. The monoisotopic (exact) mass is 230 g/mol. The number of hydrogen-bond donors (Lipinski definition) is 1. The van der Waals surface area contributed by atoms with Gasteiger partial charge in [-0.05, 0) is 25.0 Å². The molecule has 0 aliphatic rings. The Hall–Kier alpha value is -2.10. The lowest BCUT2D eigenvalue weighted by Crippen LogP contribution is -2.07. The normalized spacial score (nSPS) is 10.4. The van der Waals surface area contributed by atoms with Gasteiger partial charge in [-0.1, -0.05) is 6.08 Å². The van der Waals surface area contributed by atoms with Crippen LogP contribution in [0.15, 0.2) is 31.1 Å². The van der Waals surface area contributed by atoms with Crippen LogP contribution in [0.4, 0.5) is 0 Å². The quantitative estimate of drug-likeness (QED) is 0.648. The van der Waals surface area contributed by atoms with Crippen molar-refractivity contribution in [3.63, 3.8) is 0 Å². The highest BCUT2D eigenvalue weighted by Gasteiger charge is 2.15. The smallest absolute Gasteiger partial charge is 0.359 e. The molecule has 0 atom stereocenters. The molecular weight excluding hydrogens is 216 g/mol. The van der Waals surface area contributed by atoms with E-state index in [2.05, 4.69) is 16.5 Å². The molecule has 0 saturated heterocycles. The summed E-state index contributed by atoms with van der Waals surface area (Å²) < 4.78 is 4.96. The van der Waals surface area contributed by atoms with Gasteiger partial charge in [-0.15, -0.1) is 6.58 Å². The van der Waals surface area contributed by atoms with Crippen LogP contribution in [0.5, 0.6) is 0 Å². The van der Waals surface area contributed by atoms with Gasteiger partial charge in [0.05, 0.1) is 12.1 Å². The number of esters is 1. The van der Waals surface area contributed by atoms with Crippen LogP contribution in [0.2, 0.25) is 0 Å². The van der Waals surface area contributed by atoms with E-state index in [1.807, 2.05) is 18.3 Å². The van der Waals surface area contributed by atoms with Crippen molar-refractivity contribution in [1.82, 2.24) is 9.97 Å². The number of carbonyl (C=O) groups excluding carboxylic acids is 1. The van der Waals surface area contributed by atoms with Crippen molar-refractivity contribution >= 4 is 16.9 Å². The summed E-state index contributed by atoms with van der Waals surface area (Å²) in [5.74, 6) is -0.398. The Labute approximate surface area is 99.3 Å². The van der Waals surface area contributed by atoms with E-state index in [0.29, 0.717) is 12.3 Å². The van der Waals surface area contributed by atoms with Crippen LogP contribution in [0.3, 0.4) is 0 Å². The molecule has 4 heteroatoms. The highest BCUT2D eigenvalue weighted by atomic mass is 16.5. The van der Waals surface area contributed by atoms with E-state index in [9.17, 15) is 4.79 Å². The molecule has 0 amide bonds. The summed E-state index contributed by atoms with van der Waals surface area (Å²) in [5, 5.41) is 0.989. The summed E-state index contributed by atoms with van der Waals surface area (Å²) in [7, 11) is 0. The number of fused-ring (bicyclic) bond motifs is 1. The van der Waals surface area contributed by atoms with Gasteiger partial charge < -0.3 is 9.72 Å². The Morgan fingerprint density at radius 2 is 2.47 bits per heavy atom. The minimum Gasteiger partial charge on any atom is -0.461 e. The molecule has 0 unspecified atom stereocenters. The van der Waals surface area contributed by atoms with Crippen molar-refractivity contribution in [2.45, 2.75) is 13.3 Å². The van der Waals surface area contributed by atoms with Crippen LogP contribution in [-0.2, 0) is 11.2 Å². The zero-order valence-electron chi connectivity index (χ0n) is 9.69. The van der Waals surface area contributed by atoms with Crippen molar-refractivity contribution in [3.8, 4) is 0 Å². The Balaban J connectivity index is 2.51. The lowest BCUT2D eigenvalue weighted by Gasteiger charge is -2.02. The van der Waals surface area contributed by atoms with Gasteiger partial charge >= 0.3 is 5.97 Å². The molecule has 17 heavy (non-hydrogen) atoms. The van der Waals surface area contributed by atoms with Gasteiger partial charge in [0.15, 0.2) is 5.69 Å². The largest absolute Gasteiger partial charge is 0.461 e. The molecule has 4 nitrogen and oxygen atoms in total. The number of aromatic amines is 1. The van der Waals surface area contributed by atoms with Gasteiger partial charge in [-0.2, -0.15) is 0 Å². The third kappa shape index (κ3) is 2.06. The number of allylic oxidation sites excluding steroid dienone is 1. The number of ether oxygens (including phenoxy) is 1. The summed E-state index contributed by atoms with van der Waals surface area (Å²) in [4.78, 5) is 18.8. The van der Waals surface area contributed by atoms with Gasteiger partial charge in [-0.25, -0.2) is 9.78 Å². The van der Waals surface area contributed by atoms with E-state index in [1.165, 1.54) is 0 Å². The molecule has 0 saturated carbocycles. The number of carbonyl (C=O) groups is 1. The van der Waals surface area contributed by atoms with Crippen LogP contribution in [0.25, 0.3) is 10.9 Å². The first kappa shape index (κ1) is 11.4. The molecule has 2 heterocycles.